The van der Waals surface area contributed by atoms with Gasteiger partial charge in [0.1, 0.15) is 19.3 Å². The van der Waals surface area contributed by atoms with Crippen LogP contribution in [-0.2, 0) is 32.6 Å². The average molecular weight is 600 g/mol. The first-order valence-corrected chi connectivity index (χ1v) is 15.5. The Balaban J connectivity index is 1.54. The van der Waals surface area contributed by atoms with Crippen LogP contribution in [0.2, 0.25) is 5.02 Å². The minimum Gasteiger partial charge on any atom is -0.486 e. The number of carbonyl (C=O) groups is 2. The van der Waals surface area contributed by atoms with Crippen LogP contribution in [0.4, 0.5) is 5.69 Å². The Morgan fingerprint density at radius 3 is 2.29 bits per heavy atom. The van der Waals surface area contributed by atoms with E-state index >= 15 is 0 Å². The van der Waals surface area contributed by atoms with E-state index in [9.17, 15) is 18.0 Å². The van der Waals surface area contributed by atoms with Crippen molar-refractivity contribution in [2.45, 2.75) is 31.8 Å². The number of nitrogens with one attached hydrogen (secondary N) is 1. The highest BCUT2D eigenvalue weighted by atomic mass is 35.5. The van der Waals surface area contributed by atoms with E-state index in [0.717, 1.165) is 17.4 Å². The van der Waals surface area contributed by atoms with E-state index in [1.165, 1.54) is 4.31 Å². The molecule has 0 unspecified atom stereocenters. The maximum absolute atomic E-state index is 13.7. The molecule has 4 rings (SSSR count). The number of carbonyl (C=O) groups excluding carboxylic acids is 2. The number of nitrogens with zero attached hydrogens (tertiary/aromatic N) is 2. The first-order valence-electron chi connectivity index (χ1n) is 13.3. The van der Waals surface area contributed by atoms with E-state index in [0.29, 0.717) is 41.8 Å². The van der Waals surface area contributed by atoms with E-state index in [-0.39, 0.29) is 37.7 Å². The molecule has 1 aliphatic heterocycles. The highest BCUT2D eigenvalue weighted by Gasteiger charge is 2.30. The molecule has 1 atom stereocenters. The zero-order valence-electron chi connectivity index (χ0n) is 23.1. The summed E-state index contributed by atoms with van der Waals surface area (Å²) in [7, 11) is -2.11. The van der Waals surface area contributed by atoms with Crippen LogP contribution in [0.25, 0.3) is 0 Å². The monoisotopic (exact) mass is 599 g/mol. The largest absolute Gasteiger partial charge is 0.486 e. The molecule has 1 aliphatic rings. The van der Waals surface area contributed by atoms with Gasteiger partial charge in [-0.2, -0.15) is 0 Å². The number of likely N-dealkylation sites (N-methyl/N-ethyl adjacent to an activating group) is 1. The van der Waals surface area contributed by atoms with Crippen LogP contribution in [0, 0.1) is 0 Å². The third-order valence-corrected chi connectivity index (χ3v) is 8.20. The van der Waals surface area contributed by atoms with Gasteiger partial charge in [-0.25, -0.2) is 8.42 Å². The minimum atomic E-state index is -3.65. The zero-order chi connectivity index (χ0) is 29.4. The van der Waals surface area contributed by atoms with Gasteiger partial charge in [0, 0.05) is 44.1 Å². The molecular weight excluding hydrogens is 566 g/mol. The molecule has 1 heterocycles. The second kappa shape index (κ2) is 13.7. The molecule has 0 fully saturated rings. The number of benzene rings is 3. The van der Waals surface area contributed by atoms with Crippen LogP contribution in [0.5, 0.6) is 11.5 Å². The highest BCUT2D eigenvalue weighted by molar-refractivity contribution is 7.92. The van der Waals surface area contributed by atoms with Crippen LogP contribution < -0.4 is 19.1 Å². The lowest BCUT2D eigenvalue weighted by atomic mass is 10.0. The van der Waals surface area contributed by atoms with Crippen LogP contribution in [-0.4, -0.2) is 64.2 Å². The lowest BCUT2D eigenvalue weighted by molar-refractivity contribution is -0.141. The number of sulfonamides is 1. The van der Waals surface area contributed by atoms with Crippen molar-refractivity contribution in [2.24, 2.45) is 0 Å². The van der Waals surface area contributed by atoms with E-state index in [1.807, 2.05) is 42.5 Å². The Labute approximate surface area is 246 Å². The smallest absolute Gasteiger partial charge is 0.242 e. The number of hydrogen-bond donors (Lipinski definition) is 1. The molecule has 0 radical (unpaired) electrons. The van der Waals surface area contributed by atoms with Crippen LogP contribution >= 0.6 is 11.6 Å². The summed E-state index contributed by atoms with van der Waals surface area (Å²) in [5, 5.41) is 3.26. The fourth-order valence-corrected chi connectivity index (χ4v) is 5.78. The fraction of sp³-hybridized carbons (Fsp3) is 0.333. The lowest BCUT2D eigenvalue weighted by Gasteiger charge is -2.31. The van der Waals surface area contributed by atoms with Gasteiger partial charge in [0.05, 0.1) is 11.9 Å². The third kappa shape index (κ3) is 8.14. The zero-order valence-corrected chi connectivity index (χ0v) is 24.7. The molecule has 0 aliphatic carbocycles. The first-order chi connectivity index (χ1) is 19.7. The number of hydrogen-bond acceptors (Lipinski definition) is 6. The molecule has 0 aromatic heterocycles. The van der Waals surface area contributed by atoms with E-state index < -0.39 is 16.1 Å². The molecule has 1 N–H and O–H groups in total. The Kier molecular flexibility index (Phi) is 10.1. The van der Waals surface area contributed by atoms with Crippen LogP contribution in [0.1, 0.15) is 24.0 Å². The minimum absolute atomic E-state index is 0.0342. The van der Waals surface area contributed by atoms with Gasteiger partial charge < -0.3 is 19.7 Å². The Morgan fingerprint density at radius 1 is 0.951 bits per heavy atom. The van der Waals surface area contributed by atoms with Crippen molar-refractivity contribution >= 4 is 39.1 Å². The molecule has 3 aromatic rings. The molecule has 0 saturated heterocycles. The Bertz CT molecular complexity index is 1450. The molecule has 2 amide bonds. The topological polar surface area (TPSA) is 105 Å². The summed E-state index contributed by atoms with van der Waals surface area (Å²) < 4.78 is 37.8. The van der Waals surface area contributed by atoms with Crippen molar-refractivity contribution in [1.29, 1.82) is 0 Å². The quantitative estimate of drug-likeness (QED) is 0.337. The van der Waals surface area contributed by atoms with E-state index in [4.69, 9.17) is 21.1 Å². The van der Waals surface area contributed by atoms with Gasteiger partial charge in [-0.05, 0) is 41.8 Å². The van der Waals surface area contributed by atoms with Gasteiger partial charge in [0.2, 0.25) is 21.8 Å². The van der Waals surface area contributed by atoms with Gasteiger partial charge in [0.25, 0.3) is 0 Å². The molecule has 3 aromatic carbocycles. The maximum Gasteiger partial charge on any atom is 0.242 e. The Hall–Kier alpha value is -3.76. The summed E-state index contributed by atoms with van der Waals surface area (Å²) >= 11 is 6.06. The summed E-state index contributed by atoms with van der Waals surface area (Å²) in [4.78, 5) is 28.4. The fourth-order valence-electron chi connectivity index (χ4n) is 4.70. The van der Waals surface area contributed by atoms with Crippen molar-refractivity contribution in [1.82, 2.24) is 10.2 Å². The van der Waals surface area contributed by atoms with Crippen molar-refractivity contribution in [2.75, 3.05) is 37.4 Å². The first kappa shape index (κ1) is 30.2. The second-order valence-electron chi connectivity index (χ2n) is 9.73. The molecule has 0 bridgehead atoms. The number of amides is 2. The maximum atomic E-state index is 13.7. The summed E-state index contributed by atoms with van der Waals surface area (Å²) in [5.41, 5.74) is 2.16. The normalized spacial score (nSPS) is 13.2. The molecule has 9 nitrogen and oxygen atoms in total. The standard InChI is InChI=1S/C30H34ClN3O6S/c1-32-30(36)26(19-22-7-4-3-5-8-22)33(21-23-10-12-24(31)13-11-23)29(35)9-6-16-34(41(2,37)38)25-14-15-27-28(20-25)40-18-17-39-27/h3-5,7-8,10-15,20,26H,6,9,16-19,21H2,1-2H3,(H,32,36)/t26-/m1/s1. The number of halogens is 1. The SMILES string of the molecule is CNC(=O)[C@@H](Cc1ccccc1)N(Cc1ccc(Cl)cc1)C(=O)CCCN(c1ccc2c(c1)OCCO2)S(C)(=O)=O. The van der Waals surface area contributed by atoms with Gasteiger partial charge in [0.15, 0.2) is 11.5 Å². The summed E-state index contributed by atoms with van der Waals surface area (Å²) in [5.74, 6) is 0.479. The molecule has 0 spiro atoms. The van der Waals surface area contributed by atoms with Crippen LogP contribution in [0.3, 0.4) is 0 Å². The van der Waals surface area contributed by atoms with Gasteiger partial charge in [-0.15, -0.1) is 0 Å². The van der Waals surface area contributed by atoms with Crippen molar-refractivity contribution in [3.8, 4) is 11.5 Å². The molecule has 11 heteroatoms. The predicted octanol–water partition coefficient (Wildman–Crippen LogP) is 4.04. The number of anilines is 1. The predicted molar refractivity (Wildman–Crippen MR) is 159 cm³/mol. The van der Waals surface area contributed by atoms with Crippen LogP contribution in [0.15, 0.2) is 72.8 Å². The highest BCUT2D eigenvalue weighted by Crippen LogP contribution is 2.34. The average Bonchev–Trinajstić information content (AvgIpc) is 2.97. The molecule has 0 saturated carbocycles. The molecule has 218 valence electrons. The van der Waals surface area contributed by atoms with Crippen molar-refractivity contribution in [3.05, 3.63) is 88.9 Å². The summed E-state index contributed by atoms with van der Waals surface area (Å²) in [6, 6.07) is 20.8. The summed E-state index contributed by atoms with van der Waals surface area (Å²) in [6.45, 7) is 1.07. The van der Waals surface area contributed by atoms with E-state index in [2.05, 4.69) is 5.32 Å². The number of fused-ring (bicyclic) bond motifs is 1. The van der Waals surface area contributed by atoms with E-state index in [1.54, 1.807) is 42.3 Å². The Morgan fingerprint density at radius 2 is 1.63 bits per heavy atom. The molecule has 41 heavy (non-hydrogen) atoms. The lowest BCUT2D eigenvalue weighted by Crippen LogP contribution is -2.49. The second-order valence-corrected chi connectivity index (χ2v) is 12.1. The number of ether oxygens (including phenoxy) is 2. The third-order valence-electron chi connectivity index (χ3n) is 6.75. The number of rotatable bonds is 12. The van der Waals surface area contributed by atoms with Crippen molar-refractivity contribution in [3.63, 3.8) is 0 Å². The van der Waals surface area contributed by atoms with Gasteiger partial charge >= 0.3 is 0 Å². The van der Waals surface area contributed by atoms with Crippen molar-refractivity contribution < 1.29 is 27.5 Å². The van der Waals surface area contributed by atoms with Gasteiger partial charge in [-0.1, -0.05) is 54.1 Å². The molecular formula is C30H34ClN3O6S. The summed E-state index contributed by atoms with van der Waals surface area (Å²) in [6.07, 6.45) is 1.72. The van der Waals surface area contributed by atoms with Gasteiger partial charge in [-0.3, -0.25) is 13.9 Å².